The van der Waals surface area contributed by atoms with Crippen molar-refractivity contribution in [1.82, 2.24) is 24.2 Å². The first-order valence-corrected chi connectivity index (χ1v) is 11.0. The SMILES string of the molecule is C#Cc1cccc(Nc2ncnc3c2ncn3[C@@H]2O[C@H](CNS(=O)(=O)C=C)[C@@H](O)[C@H]2O)c1. The van der Waals surface area contributed by atoms with Crippen LogP contribution in [0.4, 0.5) is 11.5 Å². The summed E-state index contributed by atoms with van der Waals surface area (Å²) in [5.74, 6) is 2.97. The molecule has 1 saturated heterocycles. The Hall–Kier alpha value is -3.34. The Morgan fingerprint density at radius 1 is 1.28 bits per heavy atom. The summed E-state index contributed by atoms with van der Waals surface area (Å²) in [4.78, 5) is 12.8. The van der Waals surface area contributed by atoms with E-state index in [1.165, 1.54) is 17.2 Å². The monoisotopic (exact) mass is 456 g/mol. The molecule has 0 amide bonds. The van der Waals surface area contributed by atoms with Crippen molar-refractivity contribution in [2.75, 3.05) is 11.9 Å². The number of anilines is 2. The van der Waals surface area contributed by atoms with Gasteiger partial charge in [0, 0.05) is 23.2 Å². The maximum atomic E-state index is 11.6. The summed E-state index contributed by atoms with van der Waals surface area (Å²) < 4.78 is 32.6. The number of sulfonamides is 1. The van der Waals surface area contributed by atoms with Crippen molar-refractivity contribution >= 4 is 32.7 Å². The molecule has 11 nitrogen and oxygen atoms in total. The average molecular weight is 456 g/mol. The van der Waals surface area contributed by atoms with Gasteiger partial charge in [-0.3, -0.25) is 4.57 Å². The van der Waals surface area contributed by atoms with E-state index in [2.05, 4.69) is 37.5 Å². The topological polar surface area (TPSA) is 151 Å². The van der Waals surface area contributed by atoms with E-state index in [1.54, 1.807) is 18.2 Å². The molecule has 32 heavy (non-hydrogen) atoms. The second-order valence-corrected chi connectivity index (χ2v) is 8.71. The van der Waals surface area contributed by atoms with E-state index in [0.29, 0.717) is 28.2 Å². The number of hydrogen-bond donors (Lipinski definition) is 4. The zero-order chi connectivity index (χ0) is 22.9. The zero-order valence-electron chi connectivity index (χ0n) is 16.7. The van der Waals surface area contributed by atoms with Crippen LogP contribution in [0.25, 0.3) is 11.2 Å². The lowest BCUT2D eigenvalue weighted by Gasteiger charge is -2.16. The fraction of sp³-hybridized carbons (Fsp3) is 0.250. The number of nitrogens with one attached hydrogen (secondary N) is 2. The molecule has 1 aromatic carbocycles. The zero-order valence-corrected chi connectivity index (χ0v) is 17.5. The number of aromatic nitrogens is 4. The minimum absolute atomic E-state index is 0.247. The van der Waals surface area contributed by atoms with E-state index in [4.69, 9.17) is 11.2 Å². The highest BCUT2D eigenvalue weighted by Crippen LogP contribution is 2.32. The maximum absolute atomic E-state index is 11.6. The number of imidazole rings is 1. The van der Waals surface area contributed by atoms with E-state index in [9.17, 15) is 18.6 Å². The third-order valence-electron chi connectivity index (χ3n) is 4.97. The summed E-state index contributed by atoms with van der Waals surface area (Å²) in [6, 6.07) is 7.20. The highest BCUT2D eigenvalue weighted by atomic mass is 32.2. The molecule has 1 aliphatic rings. The van der Waals surface area contributed by atoms with Gasteiger partial charge in [-0.25, -0.2) is 28.1 Å². The van der Waals surface area contributed by atoms with Crippen LogP contribution in [0.15, 0.2) is 48.9 Å². The first kappa shape index (κ1) is 21.9. The number of aliphatic hydroxyl groups is 2. The quantitative estimate of drug-likeness (QED) is 0.366. The largest absolute Gasteiger partial charge is 0.387 e. The van der Waals surface area contributed by atoms with Gasteiger partial charge in [0.1, 0.15) is 24.6 Å². The lowest BCUT2D eigenvalue weighted by molar-refractivity contribution is -0.0329. The second-order valence-electron chi connectivity index (χ2n) is 7.00. The van der Waals surface area contributed by atoms with Gasteiger partial charge in [-0.15, -0.1) is 6.42 Å². The van der Waals surface area contributed by atoms with Crippen LogP contribution in [0, 0.1) is 12.3 Å². The third-order valence-corrected chi connectivity index (χ3v) is 5.98. The van der Waals surface area contributed by atoms with E-state index in [1.807, 2.05) is 6.07 Å². The number of rotatable bonds is 7. The molecule has 4 N–H and O–H groups in total. The highest BCUT2D eigenvalue weighted by Gasteiger charge is 2.44. The molecule has 4 atom stereocenters. The number of ether oxygens (including phenoxy) is 1. The van der Waals surface area contributed by atoms with Crippen molar-refractivity contribution in [1.29, 1.82) is 0 Å². The van der Waals surface area contributed by atoms with Gasteiger partial charge in [-0.2, -0.15) is 0 Å². The summed E-state index contributed by atoms with van der Waals surface area (Å²) in [5.41, 5.74) is 2.15. The molecule has 12 heteroatoms. The van der Waals surface area contributed by atoms with Crippen LogP contribution in [-0.4, -0.2) is 63.0 Å². The Labute approximate surface area is 183 Å². The first-order valence-electron chi connectivity index (χ1n) is 9.48. The molecule has 3 heterocycles. The van der Waals surface area contributed by atoms with Crippen LogP contribution >= 0.6 is 0 Å². The summed E-state index contributed by atoms with van der Waals surface area (Å²) in [6.45, 7) is 2.96. The van der Waals surface area contributed by atoms with Gasteiger partial charge in [0.05, 0.1) is 6.33 Å². The van der Waals surface area contributed by atoms with Crippen molar-refractivity contribution < 1.29 is 23.4 Å². The molecule has 0 bridgehead atoms. The normalized spacial score (nSPS) is 23.2. The number of hydrogen-bond acceptors (Lipinski definition) is 9. The molecule has 4 rings (SSSR count). The number of aliphatic hydroxyl groups excluding tert-OH is 2. The number of benzene rings is 1. The molecule has 0 radical (unpaired) electrons. The van der Waals surface area contributed by atoms with Gasteiger partial charge in [0.25, 0.3) is 0 Å². The van der Waals surface area contributed by atoms with E-state index in [-0.39, 0.29) is 6.54 Å². The van der Waals surface area contributed by atoms with Crippen LogP contribution in [0.3, 0.4) is 0 Å². The van der Waals surface area contributed by atoms with Gasteiger partial charge in [0.2, 0.25) is 10.0 Å². The minimum Gasteiger partial charge on any atom is -0.387 e. The maximum Gasteiger partial charge on any atom is 0.233 e. The summed E-state index contributed by atoms with van der Waals surface area (Å²) in [6.07, 6.45) is 3.45. The average Bonchev–Trinajstić information content (AvgIpc) is 3.34. The van der Waals surface area contributed by atoms with Crippen molar-refractivity contribution in [3.8, 4) is 12.3 Å². The van der Waals surface area contributed by atoms with Gasteiger partial charge in [-0.1, -0.05) is 18.6 Å². The van der Waals surface area contributed by atoms with Crippen LogP contribution < -0.4 is 10.0 Å². The van der Waals surface area contributed by atoms with Crippen LogP contribution in [0.2, 0.25) is 0 Å². The highest BCUT2D eigenvalue weighted by molar-refractivity contribution is 7.92. The Kier molecular flexibility index (Phi) is 5.92. The van der Waals surface area contributed by atoms with Gasteiger partial charge < -0.3 is 20.3 Å². The van der Waals surface area contributed by atoms with Crippen molar-refractivity contribution in [2.24, 2.45) is 0 Å². The van der Waals surface area contributed by atoms with E-state index < -0.39 is 34.6 Å². The molecule has 2 aromatic heterocycles. The van der Waals surface area contributed by atoms with Crippen molar-refractivity contribution in [2.45, 2.75) is 24.5 Å². The van der Waals surface area contributed by atoms with E-state index >= 15 is 0 Å². The molecule has 0 aliphatic carbocycles. The summed E-state index contributed by atoms with van der Waals surface area (Å²) >= 11 is 0. The summed E-state index contributed by atoms with van der Waals surface area (Å²) in [5, 5.41) is 24.7. The number of fused-ring (bicyclic) bond motifs is 1. The Bertz CT molecular complexity index is 1300. The lowest BCUT2D eigenvalue weighted by Crippen LogP contribution is -2.39. The third kappa shape index (κ3) is 4.20. The molecule has 3 aromatic rings. The van der Waals surface area contributed by atoms with Crippen molar-refractivity contribution in [3.63, 3.8) is 0 Å². The molecule has 0 saturated carbocycles. The number of terminal acetylenes is 1. The fourth-order valence-electron chi connectivity index (χ4n) is 3.34. The molecule has 1 fully saturated rings. The Balaban J connectivity index is 1.59. The predicted octanol–water partition coefficient (Wildman–Crippen LogP) is 0.233. The Morgan fingerprint density at radius 3 is 2.84 bits per heavy atom. The molecular weight excluding hydrogens is 436 g/mol. The van der Waals surface area contributed by atoms with Gasteiger partial charge in [0.15, 0.2) is 23.2 Å². The molecule has 0 unspecified atom stereocenters. The minimum atomic E-state index is -3.71. The number of nitrogens with zero attached hydrogens (tertiary/aromatic N) is 4. The second kappa shape index (κ2) is 8.65. The molecule has 1 aliphatic heterocycles. The predicted molar refractivity (Wildman–Crippen MR) is 116 cm³/mol. The van der Waals surface area contributed by atoms with Crippen LogP contribution in [0.1, 0.15) is 11.8 Å². The summed E-state index contributed by atoms with van der Waals surface area (Å²) in [7, 11) is -3.71. The van der Waals surface area contributed by atoms with Gasteiger partial charge in [-0.05, 0) is 18.2 Å². The Morgan fingerprint density at radius 2 is 2.09 bits per heavy atom. The van der Waals surface area contributed by atoms with Crippen LogP contribution in [-0.2, 0) is 14.8 Å². The fourth-order valence-corrected chi connectivity index (χ4v) is 3.85. The van der Waals surface area contributed by atoms with E-state index in [0.717, 1.165) is 5.41 Å². The van der Waals surface area contributed by atoms with Gasteiger partial charge >= 0.3 is 0 Å². The first-order chi connectivity index (χ1) is 15.3. The van der Waals surface area contributed by atoms with Crippen LogP contribution in [0.5, 0.6) is 0 Å². The van der Waals surface area contributed by atoms with Crippen molar-refractivity contribution in [3.05, 3.63) is 54.5 Å². The molecular formula is C20H20N6O5S. The molecule has 0 spiro atoms. The lowest BCUT2D eigenvalue weighted by atomic mass is 10.1. The smallest absolute Gasteiger partial charge is 0.233 e. The standard InChI is InChI=1S/C20H20N6O5S/c1-3-12-6-5-7-13(8-12)25-18-15-19(22-10-21-18)26(11-23-15)20-17(28)16(27)14(31-20)9-24-32(29,30)4-2/h1,4-8,10-11,14,16-17,20,24,27-28H,2,9H2,(H,21,22,25)/t14-,16-,17-,20-/m1/s1. The molecule has 166 valence electrons.